The molecule has 0 aromatic heterocycles. The first kappa shape index (κ1) is 14.6. The van der Waals surface area contributed by atoms with Crippen molar-refractivity contribution >= 4 is 27.3 Å². The number of nitrogens with two attached hydrogens (primary N) is 1. The molecule has 1 fully saturated rings. The minimum Gasteiger partial charge on any atom is -0.399 e. The highest BCUT2D eigenvalue weighted by Crippen LogP contribution is 2.26. The SMILES string of the molecule is Nc1ccc(Cl)c(S(=O)(=O)NC2CCCCC2O)c1. The zero-order chi connectivity index (χ0) is 14.0. The van der Waals surface area contributed by atoms with Crippen molar-refractivity contribution in [3.63, 3.8) is 0 Å². The number of aliphatic hydroxyl groups excluding tert-OH is 1. The summed E-state index contributed by atoms with van der Waals surface area (Å²) in [6.45, 7) is 0. The fourth-order valence-electron chi connectivity index (χ4n) is 2.24. The third kappa shape index (κ3) is 3.39. The van der Waals surface area contributed by atoms with E-state index in [1.807, 2.05) is 0 Å². The Hall–Kier alpha value is -0.820. The number of aliphatic hydroxyl groups is 1. The number of rotatable bonds is 3. The van der Waals surface area contributed by atoms with Crippen LogP contribution in [0.4, 0.5) is 5.69 Å². The number of hydrogen-bond donors (Lipinski definition) is 3. The van der Waals surface area contributed by atoms with Gasteiger partial charge in [-0.3, -0.25) is 0 Å². The monoisotopic (exact) mass is 304 g/mol. The first-order valence-electron chi connectivity index (χ1n) is 6.15. The summed E-state index contributed by atoms with van der Waals surface area (Å²) < 4.78 is 27.0. The van der Waals surface area contributed by atoms with Gasteiger partial charge >= 0.3 is 0 Å². The predicted octanol–water partition coefficient (Wildman–Crippen LogP) is 1.50. The summed E-state index contributed by atoms with van der Waals surface area (Å²) in [4.78, 5) is -0.0491. The van der Waals surface area contributed by atoms with Crippen LogP contribution in [0.5, 0.6) is 0 Å². The van der Waals surface area contributed by atoms with Crippen LogP contribution in [0.3, 0.4) is 0 Å². The molecule has 19 heavy (non-hydrogen) atoms. The molecule has 0 aliphatic heterocycles. The molecule has 2 unspecified atom stereocenters. The zero-order valence-corrected chi connectivity index (χ0v) is 11.9. The second-order valence-corrected chi connectivity index (χ2v) is 6.86. The van der Waals surface area contributed by atoms with Crippen molar-refractivity contribution < 1.29 is 13.5 Å². The Morgan fingerprint density at radius 3 is 2.68 bits per heavy atom. The molecule has 1 aliphatic carbocycles. The smallest absolute Gasteiger partial charge is 0.242 e. The van der Waals surface area contributed by atoms with Crippen LogP contribution in [-0.2, 0) is 10.0 Å². The van der Waals surface area contributed by atoms with Crippen molar-refractivity contribution in [3.8, 4) is 0 Å². The van der Waals surface area contributed by atoms with Crippen LogP contribution < -0.4 is 10.5 Å². The maximum atomic E-state index is 12.3. The van der Waals surface area contributed by atoms with Crippen molar-refractivity contribution in [2.75, 3.05) is 5.73 Å². The third-order valence-electron chi connectivity index (χ3n) is 3.28. The highest BCUT2D eigenvalue weighted by Gasteiger charge is 2.29. The first-order valence-corrected chi connectivity index (χ1v) is 8.02. The zero-order valence-electron chi connectivity index (χ0n) is 10.3. The summed E-state index contributed by atoms with van der Waals surface area (Å²) in [6, 6.07) is 3.84. The van der Waals surface area contributed by atoms with Gasteiger partial charge in [0.05, 0.1) is 11.1 Å². The number of anilines is 1. The lowest BCUT2D eigenvalue weighted by Crippen LogP contribution is -2.45. The van der Waals surface area contributed by atoms with Gasteiger partial charge in [0.2, 0.25) is 10.0 Å². The van der Waals surface area contributed by atoms with Gasteiger partial charge in [-0.05, 0) is 31.0 Å². The van der Waals surface area contributed by atoms with E-state index in [2.05, 4.69) is 4.72 Å². The predicted molar refractivity (Wildman–Crippen MR) is 74.4 cm³/mol. The van der Waals surface area contributed by atoms with Gasteiger partial charge in [0.25, 0.3) is 0 Å². The highest BCUT2D eigenvalue weighted by atomic mass is 35.5. The Morgan fingerprint density at radius 2 is 2.00 bits per heavy atom. The minimum atomic E-state index is -3.77. The third-order valence-corrected chi connectivity index (χ3v) is 5.25. The molecule has 5 nitrogen and oxygen atoms in total. The Labute approximate surface area is 117 Å². The van der Waals surface area contributed by atoms with Gasteiger partial charge in [0, 0.05) is 11.7 Å². The Bertz CT molecular complexity index is 562. The van der Waals surface area contributed by atoms with Gasteiger partial charge in [0.1, 0.15) is 4.90 Å². The van der Waals surface area contributed by atoms with Crippen molar-refractivity contribution in [1.82, 2.24) is 4.72 Å². The average Bonchev–Trinajstić information content (AvgIpc) is 2.35. The van der Waals surface area contributed by atoms with Crippen LogP contribution in [0, 0.1) is 0 Å². The summed E-state index contributed by atoms with van der Waals surface area (Å²) in [5.41, 5.74) is 5.91. The van der Waals surface area contributed by atoms with Gasteiger partial charge in [-0.2, -0.15) is 0 Å². The van der Waals surface area contributed by atoms with Crippen LogP contribution in [0.2, 0.25) is 5.02 Å². The van der Waals surface area contributed by atoms with E-state index >= 15 is 0 Å². The van der Waals surface area contributed by atoms with Crippen molar-refractivity contribution in [2.45, 2.75) is 42.7 Å². The van der Waals surface area contributed by atoms with Gasteiger partial charge in [-0.1, -0.05) is 24.4 Å². The Balaban J connectivity index is 2.24. The summed E-state index contributed by atoms with van der Waals surface area (Å²) >= 11 is 5.90. The maximum absolute atomic E-state index is 12.3. The van der Waals surface area contributed by atoms with Crippen LogP contribution in [-0.4, -0.2) is 25.7 Å². The summed E-state index contributed by atoms with van der Waals surface area (Å²) in [6.07, 6.45) is 2.40. The molecule has 0 heterocycles. The Morgan fingerprint density at radius 1 is 1.32 bits per heavy atom. The van der Waals surface area contributed by atoms with E-state index < -0.39 is 22.2 Å². The average molecular weight is 305 g/mol. The van der Waals surface area contributed by atoms with Crippen LogP contribution in [0.15, 0.2) is 23.1 Å². The second kappa shape index (κ2) is 5.66. The number of nitrogen functional groups attached to an aromatic ring is 1. The molecule has 4 N–H and O–H groups in total. The molecule has 7 heteroatoms. The maximum Gasteiger partial charge on any atom is 0.242 e. The lowest BCUT2D eigenvalue weighted by Gasteiger charge is -2.28. The van der Waals surface area contributed by atoms with Crippen molar-refractivity contribution in [2.24, 2.45) is 0 Å². The molecule has 0 saturated heterocycles. The molecule has 0 radical (unpaired) electrons. The molecule has 106 valence electrons. The second-order valence-electron chi connectivity index (χ2n) is 4.77. The van der Waals surface area contributed by atoms with E-state index in [4.69, 9.17) is 17.3 Å². The fraction of sp³-hybridized carbons (Fsp3) is 0.500. The fourth-order valence-corrected chi connectivity index (χ4v) is 4.08. The van der Waals surface area contributed by atoms with E-state index in [1.165, 1.54) is 18.2 Å². The molecule has 0 spiro atoms. The standard InChI is InChI=1S/C12H17ClN2O3S/c13-9-6-5-8(14)7-12(9)19(17,18)15-10-3-1-2-4-11(10)16/h5-7,10-11,15-16H,1-4,14H2. The first-order chi connectivity index (χ1) is 8.90. The van der Waals surface area contributed by atoms with Crippen LogP contribution in [0.1, 0.15) is 25.7 Å². The van der Waals surface area contributed by atoms with Gasteiger partial charge in [-0.25, -0.2) is 13.1 Å². The molecule has 2 rings (SSSR count). The molecule has 0 amide bonds. The van der Waals surface area contributed by atoms with Crippen molar-refractivity contribution in [1.29, 1.82) is 0 Å². The summed E-state index contributed by atoms with van der Waals surface area (Å²) in [7, 11) is -3.77. The van der Waals surface area contributed by atoms with E-state index in [-0.39, 0.29) is 9.92 Å². The molecule has 1 aliphatic rings. The van der Waals surface area contributed by atoms with Gasteiger partial charge in [0.15, 0.2) is 0 Å². The molecular weight excluding hydrogens is 288 g/mol. The number of benzene rings is 1. The quantitative estimate of drug-likeness (QED) is 0.738. The number of halogens is 1. The summed E-state index contributed by atoms with van der Waals surface area (Å²) in [5.74, 6) is 0. The van der Waals surface area contributed by atoms with E-state index in [9.17, 15) is 13.5 Å². The largest absolute Gasteiger partial charge is 0.399 e. The van der Waals surface area contributed by atoms with Gasteiger partial charge in [-0.15, -0.1) is 0 Å². The normalized spacial score (nSPS) is 24.3. The van der Waals surface area contributed by atoms with Crippen LogP contribution >= 0.6 is 11.6 Å². The molecule has 1 aromatic rings. The van der Waals surface area contributed by atoms with Crippen molar-refractivity contribution in [3.05, 3.63) is 23.2 Å². The molecule has 1 saturated carbocycles. The van der Waals surface area contributed by atoms with E-state index in [0.29, 0.717) is 18.5 Å². The minimum absolute atomic E-state index is 0.0491. The molecule has 1 aromatic carbocycles. The number of nitrogens with one attached hydrogen (secondary N) is 1. The molecule has 0 bridgehead atoms. The highest BCUT2D eigenvalue weighted by molar-refractivity contribution is 7.89. The topological polar surface area (TPSA) is 92.4 Å². The van der Waals surface area contributed by atoms with Gasteiger partial charge < -0.3 is 10.8 Å². The van der Waals surface area contributed by atoms with E-state index in [0.717, 1.165) is 12.8 Å². The number of hydrogen-bond acceptors (Lipinski definition) is 4. The molecule has 2 atom stereocenters. The summed E-state index contributed by atoms with van der Waals surface area (Å²) in [5, 5.41) is 9.94. The number of sulfonamides is 1. The van der Waals surface area contributed by atoms with Crippen LogP contribution in [0.25, 0.3) is 0 Å². The Kier molecular flexibility index (Phi) is 4.35. The van der Waals surface area contributed by atoms with E-state index in [1.54, 1.807) is 0 Å². The molecular formula is C12H17ClN2O3S. The lowest BCUT2D eigenvalue weighted by atomic mass is 9.93. The lowest BCUT2D eigenvalue weighted by molar-refractivity contribution is 0.101.